The van der Waals surface area contributed by atoms with Gasteiger partial charge >= 0.3 is 0 Å². The first-order valence-corrected chi connectivity index (χ1v) is 22.5. The van der Waals surface area contributed by atoms with Gasteiger partial charge in [0.15, 0.2) is 11.6 Å². The molecule has 5 aromatic rings. The zero-order valence-corrected chi connectivity index (χ0v) is 36.1. The van der Waals surface area contributed by atoms with Gasteiger partial charge < -0.3 is 32.4 Å². The summed E-state index contributed by atoms with van der Waals surface area (Å²) in [6.45, 7) is 5.76. The van der Waals surface area contributed by atoms with E-state index >= 15 is 0 Å². The van der Waals surface area contributed by atoms with E-state index in [-0.39, 0.29) is 23.8 Å². The standard InChI is InChI=1S/C48H68N10O2/c1-3-5-7-9-11-13-15-17-19-21-31-59-41-33-40(36-25-29-38(30-26-36)44-55-47(51)58-48(52)56-44)42(60-32-22-20-18-16-14-12-10-8-6-4-2)34-39(41)35-23-27-37(28-24-35)43-53-45(49)57-46(50)54-43/h23-30,33-34H,3-22,31-32H2,1-2H3,(H4,49,50,53,54,57)(H4,51,52,55,56,58). The maximum atomic E-state index is 6.68. The molecule has 2 aromatic heterocycles. The van der Waals surface area contributed by atoms with Crippen molar-refractivity contribution in [2.75, 3.05) is 36.1 Å². The van der Waals surface area contributed by atoms with Crippen molar-refractivity contribution in [1.82, 2.24) is 29.9 Å². The summed E-state index contributed by atoms with van der Waals surface area (Å²) < 4.78 is 13.4. The minimum Gasteiger partial charge on any atom is -0.493 e. The Morgan fingerprint density at radius 3 is 0.917 bits per heavy atom. The fraction of sp³-hybridized carbons (Fsp3) is 0.500. The molecule has 0 spiro atoms. The number of nitrogens with two attached hydrogens (primary N) is 4. The van der Waals surface area contributed by atoms with Crippen molar-refractivity contribution in [3.05, 3.63) is 60.7 Å². The molecule has 12 nitrogen and oxygen atoms in total. The van der Waals surface area contributed by atoms with E-state index in [1.165, 1.54) is 103 Å². The lowest BCUT2D eigenvalue weighted by atomic mass is 9.96. The molecule has 3 aromatic carbocycles. The van der Waals surface area contributed by atoms with Gasteiger partial charge in [-0.25, -0.2) is 0 Å². The van der Waals surface area contributed by atoms with E-state index in [2.05, 4.69) is 55.9 Å². The average molecular weight is 817 g/mol. The number of benzene rings is 3. The normalized spacial score (nSPS) is 11.2. The molecule has 0 aliphatic carbocycles. The van der Waals surface area contributed by atoms with Crippen LogP contribution in [0, 0.1) is 0 Å². The van der Waals surface area contributed by atoms with E-state index in [0.717, 1.165) is 70.6 Å². The van der Waals surface area contributed by atoms with Crippen molar-refractivity contribution in [1.29, 1.82) is 0 Å². The van der Waals surface area contributed by atoms with Gasteiger partial charge in [0.1, 0.15) is 11.5 Å². The van der Waals surface area contributed by atoms with Crippen LogP contribution in [0.3, 0.4) is 0 Å². The highest BCUT2D eigenvalue weighted by molar-refractivity contribution is 5.82. The van der Waals surface area contributed by atoms with E-state index in [0.29, 0.717) is 24.9 Å². The minimum atomic E-state index is 0.0821. The zero-order valence-electron chi connectivity index (χ0n) is 36.1. The van der Waals surface area contributed by atoms with Crippen LogP contribution in [0.15, 0.2) is 60.7 Å². The number of nitrogen functional groups attached to an aromatic ring is 4. The van der Waals surface area contributed by atoms with Gasteiger partial charge in [0.25, 0.3) is 0 Å². The Bertz CT molecular complexity index is 1820. The second kappa shape index (κ2) is 25.2. The van der Waals surface area contributed by atoms with Crippen LogP contribution in [0.4, 0.5) is 23.8 Å². The van der Waals surface area contributed by atoms with E-state index in [4.69, 9.17) is 32.4 Å². The van der Waals surface area contributed by atoms with Crippen molar-refractivity contribution >= 4 is 23.8 Å². The molecule has 0 saturated carbocycles. The summed E-state index contributed by atoms with van der Waals surface area (Å²) >= 11 is 0. The molecule has 0 atom stereocenters. The molecular weight excluding hydrogens is 749 g/mol. The summed E-state index contributed by atoms with van der Waals surface area (Å²) in [6, 6.07) is 20.3. The quantitative estimate of drug-likeness (QED) is 0.0349. The Morgan fingerprint density at radius 2 is 0.617 bits per heavy atom. The number of ether oxygens (including phenoxy) is 2. The summed E-state index contributed by atoms with van der Waals surface area (Å²) in [5, 5.41) is 0. The molecule has 0 bridgehead atoms. The Labute approximate surface area is 357 Å². The second-order valence-corrected chi connectivity index (χ2v) is 15.8. The van der Waals surface area contributed by atoms with Crippen LogP contribution < -0.4 is 32.4 Å². The van der Waals surface area contributed by atoms with Gasteiger partial charge in [0.05, 0.1) is 13.2 Å². The molecule has 60 heavy (non-hydrogen) atoms. The molecule has 0 amide bonds. The fourth-order valence-corrected chi connectivity index (χ4v) is 7.47. The molecule has 0 aliphatic rings. The topological polar surface area (TPSA) is 200 Å². The first kappa shape index (κ1) is 45.6. The highest BCUT2D eigenvalue weighted by Crippen LogP contribution is 2.42. The fourth-order valence-electron chi connectivity index (χ4n) is 7.47. The number of rotatable bonds is 28. The summed E-state index contributed by atoms with van der Waals surface area (Å²) in [7, 11) is 0. The van der Waals surface area contributed by atoms with Crippen LogP contribution in [0.2, 0.25) is 0 Å². The van der Waals surface area contributed by atoms with Crippen molar-refractivity contribution in [3.8, 4) is 56.5 Å². The van der Waals surface area contributed by atoms with Gasteiger partial charge in [-0.3, -0.25) is 0 Å². The molecule has 0 fully saturated rings. The van der Waals surface area contributed by atoms with E-state index in [1.54, 1.807) is 0 Å². The summed E-state index contributed by atoms with van der Waals surface area (Å²) in [6.07, 6.45) is 25.2. The smallest absolute Gasteiger partial charge is 0.225 e. The predicted molar refractivity (Wildman–Crippen MR) is 247 cm³/mol. The van der Waals surface area contributed by atoms with Gasteiger partial charge in [-0.05, 0) is 36.1 Å². The third kappa shape index (κ3) is 14.9. The molecule has 2 heterocycles. The molecule has 0 aliphatic heterocycles. The Balaban J connectivity index is 1.38. The molecule has 0 radical (unpaired) electrons. The van der Waals surface area contributed by atoms with Crippen molar-refractivity contribution in [2.45, 2.75) is 142 Å². The molecule has 0 unspecified atom stereocenters. The van der Waals surface area contributed by atoms with Crippen molar-refractivity contribution < 1.29 is 9.47 Å². The lowest BCUT2D eigenvalue weighted by molar-refractivity contribution is 0.298. The lowest BCUT2D eigenvalue weighted by Gasteiger charge is -2.19. The van der Waals surface area contributed by atoms with Crippen molar-refractivity contribution in [2.24, 2.45) is 0 Å². The molecule has 12 heteroatoms. The van der Waals surface area contributed by atoms with Crippen molar-refractivity contribution in [3.63, 3.8) is 0 Å². The van der Waals surface area contributed by atoms with Crippen LogP contribution in [0.25, 0.3) is 45.0 Å². The summed E-state index contributed by atoms with van der Waals surface area (Å²) in [5.74, 6) is 2.75. The Kier molecular flexibility index (Phi) is 19.1. The Morgan fingerprint density at radius 1 is 0.350 bits per heavy atom. The van der Waals surface area contributed by atoms with E-state index in [1.807, 2.05) is 48.5 Å². The number of nitrogens with zero attached hydrogens (tertiary/aromatic N) is 6. The van der Waals surface area contributed by atoms with Crippen LogP contribution in [-0.2, 0) is 0 Å². The first-order chi connectivity index (χ1) is 29.3. The maximum absolute atomic E-state index is 6.68. The maximum Gasteiger partial charge on any atom is 0.225 e. The van der Waals surface area contributed by atoms with E-state index in [9.17, 15) is 0 Å². The molecule has 5 rings (SSSR count). The largest absolute Gasteiger partial charge is 0.493 e. The van der Waals surface area contributed by atoms with Crippen LogP contribution >= 0.6 is 0 Å². The van der Waals surface area contributed by atoms with Gasteiger partial charge in [0.2, 0.25) is 23.8 Å². The molecule has 0 saturated heterocycles. The van der Waals surface area contributed by atoms with Gasteiger partial charge in [-0.15, -0.1) is 0 Å². The summed E-state index contributed by atoms with van der Waals surface area (Å²) in [5.41, 5.74) is 29.0. The average Bonchev–Trinajstić information content (AvgIpc) is 3.24. The Hall–Kier alpha value is -5.52. The molecule has 322 valence electrons. The van der Waals surface area contributed by atoms with Gasteiger partial charge in [-0.1, -0.05) is 178 Å². The second-order valence-electron chi connectivity index (χ2n) is 15.8. The third-order valence-corrected chi connectivity index (χ3v) is 10.8. The van der Waals surface area contributed by atoms with Crippen LogP contribution in [0.1, 0.15) is 142 Å². The molecular formula is C48H68N10O2. The molecule has 8 N–H and O–H groups in total. The highest BCUT2D eigenvalue weighted by atomic mass is 16.5. The number of aromatic nitrogens is 6. The number of hydrogen-bond donors (Lipinski definition) is 4. The highest BCUT2D eigenvalue weighted by Gasteiger charge is 2.17. The van der Waals surface area contributed by atoms with Gasteiger partial charge in [0, 0.05) is 22.3 Å². The van der Waals surface area contributed by atoms with Crippen LogP contribution in [0.5, 0.6) is 11.5 Å². The predicted octanol–water partition coefficient (Wildman–Crippen LogP) is 11.7. The number of hydrogen-bond acceptors (Lipinski definition) is 12. The number of unbranched alkanes of at least 4 members (excludes halogenated alkanes) is 18. The third-order valence-electron chi connectivity index (χ3n) is 10.8. The van der Waals surface area contributed by atoms with Crippen LogP contribution in [-0.4, -0.2) is 43.1 Å². The zero-order chi connectivity index (χ0) is 42.4. The van der Waals surface area contributed by atoms with Gasteiger partial charge in [-0.2, -0.15) is 29.9 Å². The number of anilines is 4. The van der Waals surface area contributed by atoms with E-state index < -0.39 is 0 Å². The SMILES string of the molecule is CCCCCCCCCCCCOc1cc(-c2ccc(-c3nc(N)nc(N)n3)cc2)c(OCCCCCCCCCCCC)cc1-c1ccc(-c2nc(N)nc(N)n2)cc1. The first-order valence-electron chi connectivity index (χ1n) is 22.5. The lowest BCUT2D eigenvalue weighted by Crippen LogP contribution is -2.04. The summed E-state index contributed by atoms with van der Waals surface area (Å²) in [4.78, 5) is 25.0. The minimum absolute atomic E-state index is 0.0821. The monoisotopic (exact) mass is 817 g/mol.